The van der Waals surface area contributed by atoms with Gasteiger partial charge in [-0.1, -0.05) is 194 Å². The van der Waals surface area contributed by atoms with Gasteiger partial charge in [0, 0.05) is 0 Å². The van der Waals surface area contributed by atoms with Crippen molar-refractivity contribution in [3.63, 3.8) is 0 Å². The van der Waals surface area contributed by atoms with Crippen LogP contribution in [0.4, 0.5) is 0 Å². The molecule has 250 valence electrons. The number of hydrogen-bond donors (Lipinski definition) is 0. The minimum Gasteiger partial charge on any atom is -1.00 e. The topological polar surface area (TPSA) is 0 Å². The average molecular weight is 645 g/mol. The third-order valence-corrected chi connectivity index (χ3v) is 10.0. The molecule has 2 heteroatoms. The van der Waals surface area contributed by atoms with Gasteiger partial charge >= 0.3 is 0 Å². The fraction of sp³-hybridized carbons (Fsp3) is 1.00. The lowest BCUT2D eigenvalue weighted by Crippen LogP contribution is -3.00. The smallest absolute Gasteiger partial charge is 0.0857 e. The molecular weight excluding hydrogens is 562 g/mol. The van der Waals surface area contributed by atoms with Gasteiger partial charge in [-0.15, -0.1) is 0 Å². The van der Waals surface area contributed by atoms with E-state index in [-0.39, 0.29) is 17.0 Å². The molecule has 0 radical (unpaired) electrons. The SMILES string of the molecule is CCCCCCCCCCCCCCCCCC[N+](C)(C)C(C)CCCCCCCCCCCCCCCCC.[Br-]. The summed E-state index contributed by atoms with van der Waals surface area (Å²) in [5.41, 5.74) is 0. The lowest BCUT2D eigenvalue weighted by molar-refractivity contribution is -0.913. The maximum Gasteiger partial charge on any atom is 0.0857 e. The zero-order valence-corrected chi connectivity index (χ0v) is 31.3. The third kappa shape index (κ3) is 33.2. The summed E-state index contributed by atoms with van der Waals surface area (Å²) >= 11 is 0. The summed E-state index contributed by atoms with van der Waals surface area (Å²) in [5, 5.41) is 0. The van der Waals surface area contributed by atoms with Crippen LogP contribution in [0.1, 0.15) is 226 Å². The maximum absolute atomic E-state index is 2.51. The summed E-state index contributed by atoms with van der Waals surface area (Å²) in [4.78, 5) is 0. The molecule has 1 nitrogen and oxygen atoms in total. The van der Waals surface area contributed by atoms with Gasteiger partial charge in [0.1, 0.15) is 0 Å². The Hall–Kier alpha value is 0.440. The average Bonchev–Trinajstić information content (AvgIpc) is 2.94. The fourth-order valence-electron chi connectivity index (χ4n) is 6.45. The van der Waals surface area contributed by atoms with Crippen molar-refractivity contribution in [1.29, 1.82) is 0 Å². The van der Waals surface area contributed by atoms with Gasteiger partial charge in [0.15, 0.2) is 0 Å². The van der Waals surface area contributed by atoms with E-state index in [1.165, 1.54) is 216 Å². The number of quaternary nitrogens is 1. The van der Waals surface area contributed by atoms with Crippen LogP contribution < -0.4 is 17.0 Å². The van der Waals surface area contributed by atoms with Gasteiger partial charge in [-0.3, -0.25) is 0 Å². The molecule has 0 amide bonds. The Balaban J connectivity index is 0. The molecule has 0 aliphatic rings. The Bertz CT molecular complexity index is 462. The van der Waals surface area contributed by atoms with Gasteiger partial charge in [0.25, 0.3) is 0 Å². The van der Waals surface area contributed by atoms with Gasteiger partial charge in [-0.2, -0.15) is 0 Å². The molecule has 0 saturated carbocycles. The van der Waals surface area contributed by atoms with Crippen molar-refractivity contribution in [2.75, 3.05) is 20.6 Å². The molecule has 0 aromatic carbocycles. The number of hydrogen-bond acceptors (Lipinski definition) is 0. The van der Waals surface area contributed by atoms with E-state index in [4.69, 9.17) is 0 Å². The summed E-state index contributed by atoms with van der Waals surface area (Å²) < 4.78 is 1.23. The highest BCUT2D eigenvalue weighted by Gasteiger charge is 2.22. The normalized spacial score (nSPS) is 12.5. The minimum atomic E-state index is 0. The van der Waals surface area contributed by atoms with Crippen LogP contribution in [-0.4, -0.2) is 31.2 Å². The first kappa shape index (κ1) is 43.6. The third-order valence-electron chi connectivity index (χ3n) is 10.0. The molecule has 0 aromatic rings. The van der Waals surface area contributed by atoms with Crippen LogP contribution in [0.15, 0.2) is 0 Å². The molecule has 0 aromatic heterocycles. The predicted octanol–water partition coefficient (Wildman–Crippen LogP) is 11.0. The van der Waals surface area contributed by atoms with Gasteiger partial charge in [-0.05, 0) is 32.6 Å². The lowest BCUT2D eigenvalue weighted by atomic mass is 10.0. The number of nitrogens with zero attached hydrogens (tertiary/aromatic N) is 1. The van der Waals surface area contributed by atoms with Crippen molar-refractivity contribution in [1.82, 2.24) is 0 Å². The largest absolute Gasteiger partial charge is 1.00 e. The van der Waals surface area contributed by atoms with E-state index in [0.717, 1.165) is 6.04 Å². The summed E-state index contributed by atoms with van der Waals surface area (Å²) in [6.45, 7) is 8.50. The van der Waals surface area contributed by atoms with Crippen LogP contribution in [-0.2, 0) is 0 Å². The van der Waals surface area contributed by atoms with E-state index < -0.39 is 0 Å². The number of unbranched alkanes of at least 4 members (excludes halogenated alkanes) is 29. The van der Waals surface area contributed by atoms with Crippen molar-refractivity contribution in [2.24, 2.45) is 0 Å². The van der Waals surface area contributed by atoms with Crippen molar-refractivity contribution < 1.29 is 21.5 Å². The van der Waals surface area contributed by atoms with Gasteiger partial charge in [0.2, 0.25) is 0 Å². The standard InChI is InChI=1S/C39H82N.BrH/c1-6-8-10-12-14-16-18-20-22-24-26-28-30-32-34-36-38-40(4,5)39(3)37-35-33-31-29-27-25-23-21-19-17-15-13-11-9-7-2;/h39H,6-38H2,1-5H3;1H/q+1;/p-1. The second-order valence-corrected chi connectivity index (χ2v) is 14.4. The zero-order chi connectivity index (χ0) is 29.4. The minimum absolute atomic E-state index is 0. The van der Waals surface area contributed by atoms with Crippen molar-refractivity contribution in [3.8, 4) is 0 Å². The van der Waals surface area contributed by atoms with E-state index in [2.05, 4.69) is 34.9 Å². The Morgan fingerprint density at radius 2 is 0.561 bits per heavy atom. The van der Waals surface area contributed by atoms with Crippen LogP contribution in [0.3, 0.4) is 0 Å². The number of halogens is 1. The van der Waals surface area contributed by atoms with Crippen LogP contribution in [0.25, 0.3) is 0 Å². The van der Waals surface area contributed by atoms with E-state index in [0.29, 0.717) is 0 Å². The quantitative estimate of drug-likeness (QED) is 0.0483. The van der Waals surface area contributed by atoms with Gasteiger partial charge in [0.05, 0.1) is 26.7 Å². The maximum atomic E-state index is 2.51. The molecule has 0 fully saturated rings. The first-order valence-electron chi connectivity index (χ1n) is 19.4. The summed E-state index contributed by atoms with van der Waals surface area (Å²) in [7, 11) is 4.97. The summed E-state index contributed by atoms with van der Waals surface area (Å²) in [6, 6.07) is 0.818. The molecule has 1 unspecified atom stereocenters. The van der Waals surface area contributed by atoms with Crippen molar-refractivity contribution >= 4 is 0 Å². The molecule has 0 N–H and O–H groups in total. The molecule has 0 aliphatic heterocycles. The zero-order valence-electron chi connectivity index (χ0n) is 29.7. The van der Waals surface area contributed by atoms with E-state index in [9.17, 15) is 0 Å². The highest BCUT2D eigenvalue weighted by atomic mass is 79.9. The molecule has 0 heterocycles. The second kappa shape index (κ2) is 34.9. The highest BCUT2D eigenvalue weighted by molar-refractivity contribution is 4.56. The van der Waals surface area contributed by atoms with Crippen molar-refractivity contribution in [3.05, 3.63) is 0 Å². The Morgan fingerprint density at radius 1 is 0.341 bits per heavy atom. The Kier molecular flexibility index (Phi) is 37.1. The molecular formula is C39H82BrN. The predicted molar refractivity (Wildman–Crippen MR) is 186 cm³/mol. The van der Waals surface area contributed by atoms with Crippen LogP contribution in [0.2, 0.25) is 0 Å². The van der Waals surface area contributed by atoms with Crippen LogP contribution in [0.5, 0.6) is 0 Å². The Morgan fingerprint density at radius 3 is 0.829 bits per heavy atom. The van der Waals surface area contributed by atoms with E-state index in [1.807, 2.05) is 0 Å². The lowest BCUT2D eigenvalue weighted by Gasteiger charge is -2.36. The molecule has 0 saturated heterocycles. The van der Waals surface area contributed by atoms with E-state index in [1.54, 1.807) is 0 Å². The molecule has 0 rings (SSSR count). The summed E-state index contributed by atoms with van der Waals surface area (Å²) in [5.74, 6) is 0. The molecule has 0 aliphatic carbocycles. The highest BCUT2D eigenvalue weighted by Crippen LogP contribution is 2.19. The molecule has 0 bridgehead atoms. The fourth-order valence-corrected chi connectivity index (χ4v) is 6.45. The molecule has 1 atom stereocenters. The summed E-state index contributed by atoms with van der Waals surface area (Å²) in [6.07, 6.45) is 46.8. The second-order valence-electron chi connectivity index (χ2n) is 14.4. The van der Waals surface area contributed by atoms with Gasteiger partial charge < -0.3 is 21.5 Å². The molecule has 0 spiro atoms. The van der Waals surface area contributed by atoms with Crippen molar-refractivity contribution in [2.45, 2.75) is 232 Å². The molecule has 41 heavy (non-hydrogen) atoms. The monoisotopic (exact) mass is 644 g/mol. The van der Waals surface area contributed by atoms with Crippen LogP contribution in [0, 0.1) is 0 Å². The van der Waals surface area contributed by atoms with E-state index >= 15 is 0 Å². The van der Waals surface area contributed by atoms with Crippen LogP contribution >= 0.6 is 0 Å². The first-order chi connectivity index (χ1) is 19.5. The Labute approximate surface area is 273 Å². The van der Waals surface area contributed by atoms with Gasteiger partial charge in [-0.25, -0.2) is 0 Å². The first-order valence-corrected chi connectivity index (χ1v) is 19.4. The number of rotatable bonds is 34.